The third kappa shape index (κ3) is 6.84. The number of para-hydroxylation sites is 1. The Morgan fingerprint density at radius 1 is 0.958 bits per heavy atom. The number of nitro groups is 2. The highest BCUT2D eigenvalue weighted by atomic mass is 16.6. The first-order valence-corrected chi connectivity index (χ1v) is 15.1. The van der Waals surface area contributed by atoms with Gasteiger partial charge in [0.2, 0.25) is 5.75 Å². The highest BCUT2D eigenvalue weighted by Gasteiger charge is 2.24. The largest absolute Gasteiger partial charge is 0.496 e. The standard InChI is InChI=1S/C35H33N5O8/c1-6-47-32-17-24(16-30(40(44)45)33(32)48-20-23-10-9-11-25(15-23)39(42)43)19-36-38-34(37-29-13-8-7-12-26(29)35(38)41)28-18-27(21(2)3)31(46-5)14-22(28)4/h7-19,21H,6,20H2,1-5H3. The van der Waals surface area contributed by atoms with Crippen molar-refractivity contribution in [3.63, 3.8) is 0 Å². The van der Waals surface area contributed by atoms with Gasteiger partial charge >= 0.3 is 5.69 Å². The van der Waals surface area contributed by atoms with E-state index >= 15 is 0 Å². The summed E-state index contributed by atoms with van der Waals surface area (Å²) in [5.74, 6) is 1.03. The minimum Gasteiger partial charge on any atom is -0.496 e. The van der Waals surface area contributed by atoms with Gasteiger partial charge in [-0.2, -0.15) is 9.78 Å². The van der Waals surface area contributed by atoms with Crippen LogP contribution in [0, 0.1) is 27.2 Å². The molecule has 4 aromatic carbocycles. The van der Waals surface area contributed by atoms with E-state index in [9.17, 15) is 25.0 Å². The summed E-state index contributed by atoms with van der Waals surface area (Å²) in [7, 11) is 1.61. The molecule has 0 saturated heterocycles. The van der Waals surface area contributed by atoms with E-state index in [0.29, 0.717) is 27.8 Å². The Bertz CT molecular complexity index is 2120. The number of non-ortho nitro benzene ring substituents is 1. The fraction of sp³-hybridized carbons (Fsp3) is 0.229. The van der Waals surface area contributed by atoms with E-state index in [1.165, 1.54) is 41.2 Å². The van der Waals surface area contributed by atoms with E-state index in [0.717, 1.165) is 11.1 Å². The maximum absolute atomic E-state index is 13.9. The van der Waals surface area contributed by atoms with Gasteiger partial charge in [0.25, 0.3) is 11.2 Å². The average molecular weight is 652 g/mol. The number of rotatable bonds is 12. The molecular weight excluding hydrogens is 618 g/mol. The van der Waals surface area contributed by atoms with Gasteiger partial charge in [-0.15, -0.1) is 0 Å². The number of aryl methyl sites for hydroxylation is 1. The van der Waals surface area contributed by atoms with Crippen molar-refractivity contribution in [2.24, 2.45) is 5.10 Å². The van der Waals surface area contributed by atoms with Gasteiger partial charge in [-0.05, 0) is 66.8 Å². The summed E-state index contributed by atoms with van der Waals surface area (Å²) >= 11 is 0. The second-order valence-electron chi connectivity index (χ2n) is 11.2. The number of hydrogen-bond donors (Lipinski definition) is 0. The lowest BCUT2D eigenvalue weighted by molar-refractivity contribution is -0.386. The molecule has 13 nitrogen and oxygen atoms in total. The zero-order valence-electron chi connectivity index (χ0n) is 27.0. The first-order valence-electron chi connectivity index (χ1n) is 15.1. The molecule has 0 aliphatic rings. The number of nitro benzene ring substituents is 2. The van der Waals surface area contributed by atoms with Crippen molar-refractivity contribution < 1.29 is 24.1 Å². The third-order valence-corrected chi connectivity index (χ3v) is 7.57. The van der Waals surface area contributed by atoms with Crippen molar-refractivity contribution in [3.05, 3.63) is 126 Å². The number of methoxy groups -OCH3 is 1. The second kappa shape index (κ2) is 14.1. The molecule has 0 bridgehead atoms. The molecule has 0 radical (unpaired) electrons. The molecule has 0 aliphatic carbocycles. The van der Waals surface area contributed by atoms with E-state index in [-0.39, 0.29) is 47.7 Å². The van der Waals surface area contributed by atoms with Crippen LogP contribution in [0.3, 0.4) is 0 Å². The van der Waals surface area contributed by atoms with Crippen molar-refractivity contribution in [2.75, 3.05) is 13.7 Å². The molecule has 0 aliphatic heterocycles. The van der Waals surface area contributed by atoms with Gasteiger partial charge in [-0.1, -0.05) is 38.1 Å². The van der Waals surface area contributed by atoms with Crippen molar-refractivity contribution in [1.82, 2.24) is 9.66 Å². The summed E-state index contributed by atoms with van der Waals surface area (Å²) in [6.07, 6.45) is 1.32. The Morgan fingerprint density at radius 2 is 1.73 bits per heavy atom. The van der Waals surface area contributed by atoms with Gasteiger partial charge in [0.15, 0.2) is 11.6 Å². The lowest BCUT2D eigenvalue weighted by Crippen LogP contribution is -2.21. The molecule has 0 atom stereocenters. The van der Waals surface area contributed by atoms with Crippen LogP contribution in [0.25, 0.3) is 22.3 Å². The topological polar surface area (TPSA) is 161 Å². The molecule has 246 valence electrons. The van der Waals surface area contributed by atoms with E-state index in [1.807, 2.05) is 32.9 Å². The summed E-state index contributed by atoms with van der Waals surface area (Å²) in [4.78, 5) is 41.0. The summed E-state index contributed by atoms with van der Waals surface area (Å²) in [6.45, 7) is 7.66. The first kappa shape index (κ1) is 33.3. The molecule has 0 saturated carbocycles. The first-order chi connectivity index (χ1) is 23.0. The molecule has 48 heavy (non-hydrogen) atoms. The Kier molecular flexibility index (Phi) is 9.78. The molecule has 1 heterocycles. The predicted octanol–water partition coefficient (Wildman–Crippen LogP) is 7.18. The Morgan fingerprint density at radius 3 is 2.42 bits per heavy atom. The van der Waals surface area contributed by atoms with Crippen LogP contribution in [-0.4, -0.2) is 39.4 Å². The van der Waals surface area contributed by atoms with Crippen molar-refractivity contribution in [2.45, 2.75) is 40.2 Å². The minimum absolute atomic E-state index is 0.0651. The third-order valence-electron chi connectivity index (χ3n) is 7.57. The number of nitrogens with zero attached hydrogens (tertiary/aromatic N) is 5. The van der Waals surface area contributed by atoms with Crippen LogP contribution in [0.1, 0.15) is 48.9 Å². The number of benzene rings is 4. The minimum atomic E-state index is -0.619. The van der Waals surface area contributed by atoms with Gasteiger partial charge in [0.05, 0.1) is 40.7 Å². The van der Waals surface area contributed by atoms with E-state index < -0.39 is 21.1 Å². The van der Waals surface area contributed by atoms with Crippen LogP contribution in [-0.2, 0) is 6.61 Å². The molecule has 0 N–H and O–H groups in total. The number of fused-ring (bicyclic) bond motifs is 1. The van der Waals surface area contributed by atoms with E-state index in [4.69, 9.17) is 19.2 Å². The van der Waals surface area contributed by atoms with Crippen LogP contribution >= 0.6 is 0 Å². The van der Waals surface area contributed by atoms with Crippen LogP contribution < -0.4 is 19.8 Å². The predicted molar refractivity (Wildman–Crippen MR) is 182 cm³/mol. The zero-order chi connectivity index (χ0) is 34.5. The summed E-state index contributed by atoms with van der Waals surface area (Å²) < 4.78 is 18.3. The Labute approximate surface area is 275 Å². The monoisotopic (exact) mass is 651 g/mol. The van der Waals surface area contributed by atoms with E-state index in [1.54, 1.807) is 44.4 Å². The highest BCUT2D eigenvalue weighted by Crippen LogP contribution is 2.39. The molecule has 1 aromatic heterocycles. The molecule has 0 unspecified atom stereocenters. The summed E-state index contributed by atoms with van der Waals surface area (Å²) in [5.41, 5.74) is 2.62. The molecule has 13 heteroatoms. The fourth-order valence-corrected chi connectivity index (χ4v) is 5.24. The highest BCUT2D eigenvalue weighted by molar-refractivity contribution is 5.84. The van der Waals surface area contributed by atoms with Crippen molar-refractivity contribution in [3.8, 4) is 28.6 Å². The molecule has 0 spiro atoms. The molecule has 0 amide bonds. The Balaban J connectivity index is 1.63. The SMILES string of the molecule is CCOc1cc(C=Nn2c(-c3cc(C(C)C)c(OC)cc3C)nc3ccccc3c2=O)cc([N+](=O)[O-])c1OCc1cccc([N+](=O)[O-])c1. The molecular formula is C35H33N5O8. The number of hydrogen-bond acceptors (Lipinski definition) is 10. The van der Waals surface area contributed by atoms with Crippen LogP contribution in [0.15, 0.2) is 82.7 Å². The zero-order valence-corrected chi connectivity index (χ0v) is 27.0. The smallest absolute Gasteiger partial charge is 0.315 e. The number of aromatic nitrogens is 2. The van der Waals surface area contributed by atoms with Crippen LogP contribution in [0.4, 0.5) is 11.4 Å². The van der Waals surface area contributed by atoms with Crippen LogP contribution in [0.5, 0.6) is 17.2 Å². The van der Waals surface area contributed by atoms with Gasteiger partial charge in [-0.25, -0.2) is 4.98 Å². The van der Waals surface area contributed by atoms with Crippen molar-refractivity contribution in [1.29, 1.82) is 0 Å². The fourth-order valence-electron chi connectivity index (χ4n) is 5.24. The molecule has 5 rings (SSSR count). The number of ether oxygens (including phenoxy) is 3. The summed E-state index contributed by atoms with van der Waals surface area (Å²) in [6, 6.07) is 19.3. The Hall–Kier alpha value is -6.11. The van der Waals surface area contributed by atoms with Gasteiger partial charge in [0, 0.05) is 29.3 Å². The van der Waals surface area contributed by atoms with Gasteiger partial charge < -0.3 is 14.2 Å². The van der Waals surface area contributed by atoms with E-state index in [2.05, 4.69) is 5.10 Å². The molecule has 0 fully saturated rings. The normalized spacial score (nSPS) is 11.3. The van der Waals surface area contributed by atoms with Crippen LogP contribution in [0.2, 0.25) is 0 Å². The second-order valence-corrected chi connectivity index (χ2v) is 11.2. The lowest BCUT2D eigenvalue weighted by atomic mass is 9.96. The van der Waals surface area contributed by atoms with Crippen molar-refractivity contribution >= 4 is 28.5 Å². The average Bonchev–Trinajstić information content (AvgIpc) is 3.07. The lowest BCUT2D eigenvalue weighted by Gasteiger charge is -2.17. The molecule has 5 aromatic rings. The maximum atomic E-state index is 13.9. The summed E-state index contributed by atoms with van der Waals surface area (Å²) in [5, 5.41) is 28.3. The maximum Gasteiger partial charge on any atom is 0.315 e. The van der Waals surface area contributed by atoms with Gasteiger partial charge in [0.1, 0.15) is 12.4 Å². The van der Waals surface area contributed by atoms with Gasteiger partial charge in [-0.3, -0.25) is 25.0 Å². The quantitative estimate of drug-likeness (QED) is 0.0773.